The van der Waals surface area contributed by atoms with E-state index in [1.54, 1.807) is 30.5 Å². The summed E-state index contributed by atoms with van der Waals surface area (Å²) in [7, 11) is 0. The first-order chi connectivity index (χ1) is 10.6. The number of nitrogens with one attached hydrogen (secondary N) is 2. The van der Waals surface area contributed by atoms with Crippen molar-refractivity contribution >= 4 is 23.4 Å². The molecule has 6 heteroatoms. The topological polar surface area (TPSA) is 71.1 Å². The highest BCUT2D eigenvalue weighted by molar-refractivity contribution is 6.30. The number of carbonyl (C=O) groups excluding carboxylic acids is 2. The Morgan fingerprint density at radius 1 is 1.09 bits per heavy atom. The van der Waals surface area contributed by atoms with Crippen molar-refractivity contribution in [2.75, 3.05) is 13.1 Å². The van der Waals surface area contributed by atoms with Gasteiger partial charge in [-0.05, 0) is 30.3 Å². The maximum Gasteiger partial charge on any atom is 0.251 e. The number of carbonyl (C=O) groups is 2. The summed E-state index contributed by atoms with van der Waals surface area (Å²) in [6.07, 6.45) is 2.36. The van der Waals surface area contributed by atoms with E-state index in [0.717, 1.165) is 5.69 Å². The predicted molar refractivity (Wildman–Crippen MR) is 84.7 cm³/mol. The number of hydrogen-bond donors (Lipinski definition) is 2. The van der Waals surface area contributed by atoms with Crippen LogP contribution in [0.1, 0.15) is 16.1 Å². The van der Waals surface area contributed by atoms with Gasteiger partial charge in [0.1, 0.15) is 0 Å². The van der Waals surface area contributed by atoms with Gasteiger partial charge in [-0.15, -0.1) is 0 Å². The number of halogens is 1. The van der Waals surface area contributed by atoms with Gasteiger partial charge >= 0.3 is 0 Å². The van der Waals surface area contributed by atoms with Crippen LogP contribution in [0, 0.1) is 0 Å². The van der Waals surface area contributed by atoms with Crippen molar-refractivity contribution in [3.63, 3.8) is 0 Å². The Kier molecular flexibility index (Phi) is 5.91. The minimum absolute atomic E-state index is 0.0758. The van der Waals surface area contributed by atoms with Crippen LogP contribution >= 0.6 is 11.6 Å². The Balaban J connectivity index is 1.70. The van der Waals surface area contributed by atoms with Gasteiger partial charge in [0.15, 0.2) is 0 Å². The molecule has 22 heavy (non-hydrogen) atoms. The quantitative estimate of drug-likeness (QED) is 0.854. The molecule has 2 aromatic rings. The largest absolute Gasteiger partial charge is 0.354 e. The van der Waals surface area contributed by atoms with Gasteiger partial charge in [0, 0.05) is 35.4 Å². The molecular weight excluding hydrogens is 302 g/mol. The molecule has 0 spiro atoms. The van der Waals surface area contributed by atoms with Crippen molar-refractivity contribution in [2.45, 2.75) is 6.42 Å². The number of pyridine rings is 1. The fourth-order valence-corrected chi connectivity index (χ4v) is 2.02. The van der Waals surface area contributed by atoms with Crippen LogP contribution in [0.4, 0.5) is 0 Å². The predicted octanol–water partition coefficient (Wildman–Crippen LogP) is 1.82. The van der Waals surface area contributed by atoms with Crippen LogP contribution in [-0.4, -0.2) is 29.9 Å². The molecule has 1 heterocycles. The molecule has 0 unspecified atom stereocenters. The van der Waals surface area contributed by atoms with E-state index in [2.05, 4.69) is 15.6 Å². The Bertz CT molecular complexity index is 647. The minimum Gasteiger partial charge on any atom is -0.354 e. The van der Waals surface area contributed by atoms with Crippen LogP contribution < -0.4 is 10.6 Å². The van der Waals surface area contributed by atoms with Crippen LogP contribution in [-0.2, 0) is 11.2 Å². The first kappa shape index (κ1) is 16.0. The van der Waals surface area contributed by atoms with Crippen molar-refractivity contribution in [1.29, 1.82) is 0 Å². The highest BCUT2D eigenvalue weighted by Crippen LogP contribution is 2.10. The molecule has 1 aromatic carbocycles. The Labute approximate surface area is 133 Å². The van der Waals surface area contributed by atoms with Crippen LogP contribution in [0.25, 0.3) is 0 Å². The summed E-state index contributed by atoms with van der Waals surface area (Å²) in [5.41, 5.74) is 1.33. The molecule has 0 fully saturated rings. The van der Waals surface area contributed by atoms with Gasteiger partial charge < -0.3 is 10.6 Å². The Morgan fingerprint density at radius 3 is 2.68 bits per heavy atom. The Hall–Kier alpha value is -2.40. The average molecular weight is 318 g/mol. The molecule has 0 aliphatic heterocycles. The molecule has 0 saturated heterocycles. The van der Waals surface area contributed by atoms with E-state index in [0.29, 0.717) is 23.6 Å². The lowest BCUT2D eigenvalue weighted by Crippen LogP contribution is -2.37. The van der Waals surface area contributed by atoms with E-state index in [9.17, 15) is 9.59 Å². The number of benzene rings is 1. The monoisotopic (exact) mass is 317 g/mol. The molecule has 0 radical (unpaired) electrons. The molecule has 0 bridgehead atoms. The molecule has 2 rings (SSSR count). The molecule has 1 aromatic heterocycles. The zero-order chi connectivity index (χ0) is 15.8. The summed E-state index contributed by atoms with van der Waals surface area (Å²) in [5.74, 6) is -0.575. The lowest BCUT2D eigenvalue weighted by atomic mass is 10.2. The van der Waals surface area contributed by atoms with Crippen LogP contribution in [0.5, 0.6) is 0 Å². The molecule has 2 amide bonds. The number of hydrogen-bond acceptors (Lipinski definition) is 3. The summed E-state index contributed by atoms with van der Waals surface area (Å²) in [5, 5.41) is 5.76. The molecule has 0 aliphatic rings. The van der Waals surface area contributed by atoms with Crippen molar-refractivity contribution in [3.8, 4) is 0 Å². The van der Waals surface area contributed by atoms with Crippen LogP contribution in [0.3, 0.4) is 0 Å². The molecule has 0 atom stereocenters. The zero-order valence-corrected chi connectivity index (χ0v) is 12.6. The Morgan fingerprint density at radius 2 is 1.95 bits per heavy atom. The van der Waals surface area contributed by atoms with E-state index in [1.807, 2.05) is 18.2 Å². The third-order valence-electron chi connectivity index (χ3n) is 2.93. The molecular formula is C16H16ClN3O2. The SMILES string of the molecule is O=C(CNC(=O)c1cccc(Cl)c1)NCCc1ccccn1. The standard InChI is InChI=1S/C16H16ClN3O2/c17-13-5-3-4-12(10-13)16(22)20-11-15(21)19-9-7-14-6-1-2-8-18-14/h1-6,8,10H,7,9,11H2,(H,19,21)(H,20,22). The smallest absolute Gasteiger partial charge is 0.251 e. The minimum atomic E-state index is -0.331. The molecule has 114 valence electrons. The maximum absolute atomic E-state index is 11.8. The van der Waals surface area contributed by atoms with Crippen molar-refractivity contribution in [1.82, 2.24) is 15.6 Å². The second-order valence-corrected chi connectivity index (χ2v) is 5.05. The normalized spacial score (nSPS) is 10.0. The van der Waals surface area contributed by atoms with E-state index in [-0.39, 0.29) is 18.4 Å². The van der Waals surface area contributed by atoms with Gasteiger partial charge in [-0.3, -0.25) is 14.6 Å². The highest BCUT2D eigenvalue weighted by atomic mass is 35.5. The van der Waals surface area contributed by atoms with Crippen LogP contribution in [0.15, 0.2) is 48.7 Å². The van der Waals surface area contributed by atoms with Gasteiger partial charge in [-0.1, -0.05) is 23.7 Å². The maximum atomic E-state index is 11.8. The van der Waals surface area contributed by atoms with E-state index < -0.39 is 0 Å². The van der Waals surface area contributed by atoms with E-state index in [4.69, 9.17) is 11.6 Å². The van der Waals surface area contributed by atoms with Gasteiger partial charge in [0.2, 0.25) is 5.91 Å². The third kappa shape index (κ3) is 5.18. The first-order valence-corrected chi connectivity index (χ1v) is 7.23. The molecule has 0 aliphatic carbocycles. The average Bonchev–Trinajstić information content (AvgIpc) is 2.53. The summed E-state index contributed by atoms with van der Waals surface area (Å²) < 4.78 is 0. The molecule has 5 nitrogen and oxygen atoms in total. The number of nitrogens with zero attached hydrogens (tertiary/aromatic N) is 1. The fraction of sp³-hybridized carbons (Fsp3) is 0.188. The second-order valence-electron chi connectivity index (χ2n) is 4.61. The molecule has 0 saturated carbocycles. The number of rotatable bonds is 6. The van der Waals surface area contributed by atoms with Crippen molar-refractivity contribution in [2.24, 2.45) is 0 Å². The fourth-order valence-electron chi connectivity index (χ4n) is 1.83. The van der Waals surface area contributed by atoms with Gasteiger partial charge in [0.25, 0.3) is 5.91 Å². The van der Waals surface area contributed by atoms with Crippen LogP contribution in [0.2, 0.25) is 5.02 Å². The van der Waals surface area contributed by atoms with Crippen molar-refractivity contribution < 1.29 is 9.59 Å². The summed E-state index contributed by atoms with van der Waals surface area (Å²) >= 11 is 5.81. The lowest BCUT2D eigenvalue weighted by molar-refractivity contribution is -0.120. The lowest BCUT2D eigenvalue weighted by Gasteiger charge is -2.07. The van der Waals surface area contributed by atoms with E-state index >= 15 is 0 Å². The van der Waals surface area contributed by atoms with Gasteiger partial charge in [-0.2, -0.15) is 0 Å². The first-order valence-electron chi connectivity index (χ1n) is 6.85. The second kappa shape index (κ2) is 8.14. The summed E-state index contributed by atoms with van der Waals surface area (Å²) in [6, 6.07) is 12.2. The number of aromatic nitrogens is 1. The molecule has 2 N–H and O–H groups in total. The third-order valence-corrected chi connectivity index (χ3v) is 3.16. The highest BCUT2D eigenvalue weighted by Gasteiger charge is 2.08. The van der Waals surface area contributed by atoms with E-state index in [1.165, 1.54) is 0 Å². The summed E-state index contributed by atoms with van der Waals surface area (Å²) in [6.45, 7) is 0.399. The van der Waals surface area contributed by atoms with Gasteiger partial charge in [-0.25, -0.2) is 0 Å². The zero-order valence-electron chi connectivity index (χ0n) is 11.9. The van der Waals surface area contributed by atoms with Crippen molar-refractivity contribution in [3.05, 3.63) is 64.9 Å². The van der Waals surface area contributed by atoms with Gasteiger partial charge in [0.05, 0.1) is 6.54 Å². The summed E-state index contributed by atoms with van der Waals surface area (Å²) in [4.78, 5) is 27.7. The number of amides is 2.